The molecule has 29 heavy (non-hydrogen) atoms. The van der Waals surface area contributed by atoms with Gasteiger partial charge in [-0.25, -0.2) is 0 Å². The number of benzene rings is 1. The van der Waals surface area contributed by atoms with Crippen LogP contribution in [0.15, 0.2) is 35.0 Å². The number of carbonyl (C=O) groups excluding carboxylic acids is 2. The number of thiophene rings is 1. The maximum Gasteiger partial charge on any atom is 0.313 e. The van der Waals surface area contributed by atoms with Gasteiger partial charge in [-0.15, -0.1) is 0 Å². The Morgan fingerprint density at radius 3 is 2.59 bits per heavy atom. The Morgan fingerprint density at radius 1 is 1.03 bits per heavy atom. The summed E-state index contributed by atoms with van der Waals surface area (Å²) in [5.41, 5.74) is 1.61. The molecule has 0 saturated carbocycles. The molecule has 1 saturated heterocycles. The summed E-state index contributed by atoms with van der Waals surface area (Å²) in [5, 5.41) is 9.46. The van der Waals surface area contributed by atoms with Gasteiger partial charge in [0.05, 0.1) is 19.3 Å². The van der Waals surface area contributed by atoms with E-state index in [2.05, 4.69) is 20.9 Å². The Balaban J connectivity index is 1.35. The number of hydrogen-bond acceptors (Lipinski definition) is 7. The molecule has 2 amide bonds. The van der Waals surface area contributed by atoms with Crippen molar-refractivity contribution in [2.75, 3.05) is 51.4 Å². The van der Waals surface area contributed by atoms with Crippen molar-refractivity contribution in [2.45, 2.75) is 6.04 Å². The summed E-state index contributed by atoms with van der Waals surface area (Å²) >= 11 is 1.61. The van der Waals surface area contributed by atoms with Gasteiger partial charge < -0.3 is 24.8 Å². The summed E-state index contributed by atoms with van der Waals surface area (Å²) in [4.78, 5) is 27.0. The number of nitrogens with zero attached hydrogens (tertiary/aromatic N) is 1. The lowest BCUT2D eigenvalue weighted by Gasteiger charge is -2.34. The molecule has 2 aliphatic rings. The molecule has 1 aromatic carbocycles. The minimum absolute atomic E-state index is 0.0104. The Morgan fingerprint density at radius 2 is 1.83 bits per heavy atom. The van der Waals surface area contributed by atoms with Crippen LogP contribution in [0.5, 0.6) is 11.5 Å². The summed E-state index contributed by atoms with van der Waals surface area (Å²) in [6, 6.07) is 7.11. The van der Waals surface area contributed by atoms with Crippen molar-refractivity contribution in [1.29, 1.82) is 0 Å². The molecule has 9 heteroatoms. The second-order valence-electron chi connectivity index (χ2n) is 6.74. The van der Waals surface area contributed by atoms with Crippen molar-refractivity contribution in [1.82, 2.24) is 10.2 Å². The number of rotatable bonds is 5. The number of nitrogens with one attached hydrogen (secondary N) is 2. The molecule has 1 aromatic heterocycles. The zero-order valence-electron chi connectivity index (χ0n) is 15.9. The van der Waals surface area contributed by atoms with E-state index in [-0.39, 0.29) is 6.04 Å². The highest BCUT2D eigenvalue weighted by Crippen LogP contribution is 2.32. The van der Waals surface area contributed by atoms with Crippen LogP contribution in [0.1, 0.15) is 11.6 Å². The van der Waals surface area contributed by atoms with E-state index in [1.54, 1.807) is 29.5 Å². The molecular formula is C20H23N3O5S. The highest BCUT2D eigenvalue weighted by Gasteiger charge is 2.25. The minimum Gasteiger partial charge on any atom is -0.486 e. The van der Waals surface area contributed by atoms with E-state index >= 15 is 0 Å². The number of morpholine rings is 1. The zero-order chi connectivity index (χ0) is 20.1. The van der Waals surface area contributed by atoms with Crippen LogP contribution in [-0.4, -0.2) is 62.8 Å². The lowest BCUT2D eigenvalue weighted by Crippen LogP contribution is -2.45. The molecule has 0 spiro atoms. The van der Waals surface area contributed by atoms with E-state index in [4.69, 9.17) is 14.2 Å². The molecule has 2 aromatic rings. The van der Waals surface area contributed by atoms with E-state index in [9.17, 15) is 9.59 Å². The highest BCUT2D eigenvalue weighted by molar-refractivity contribution is 7.08. The Labute approximate surface area is 172 Å². The third-order valence-electron chi connectivity index (χ3n) is 4.88. The summed E-state index contributed by atoms with van der Waals surface area (Å²) in [6.45, 7) is 4.22. The minimum atomic E-state index is -0.715. The predicted octanol–water partition coefficient (Wildman–Crippen LogP) is 1.65. The third-order valence-corrected chi connectivity index (χ3v) is 5.58. The Kier molecular flexibility index (Phi) is 6.28. The van der Waals surface area contributed by atoms with Gasteiger partial charge in [0.25, 0.3) is 0 Å². The van der Waals surface area contributed by atoms with Crippen LogP contribution in [0, 0.1) is 0 Å². The molecule has 0 radical (unpaired) electrons. The maximum atomic E-state index is 12.4. The molecular weight excluding hydrogens is 394 g/mol. The molecule has 8 nitrogen and oxygen atoms in total. The number of anilines is 1. The number of hydrogen-bond donors (Lipinski definition) is 2. The maximum absolute atomic E-state index is 12.4. The largest absolute Gasteiger partial charge is 0.486 e. The molecule has 4 rings (SSSR count). The van der Waals surface area contributed by atoms with Gasteiger partial charge in [0.15, 0.2) is 11.5 Å². The van der Waals surface area contributed by atoms with E-state index < -0.39 is 11.8 Å². The van der Waals surface area contributed by atoms with E-state index in [0.29, 0.717) is 50.2 Å². The molecule has 0 unspecified atom stereocenters. The van der Waals surface area contributed by atoms with Crippen molar-refractivity contribution >= 4 is 28.8 Å². The first-order chi connectivity index (χ1) is 14.2. The van der Waals surface area contributed by atoms with Crippen LogP contribution in [0.3, 0.4) is 0 Å². The number of carbonyl (C=O) groups is 2. The fraction of sp³-hybridized carbons (Fsp3) is 0.400. The van der Waals surface area contributed by atoms with Gasteiger partial charge >= 0.3 is 11.8 Å². The third kappa shape index (κ3) is 4.87. The lowest BCUT2D eigenvalue weighted by atomic mass is 10.1. The van der Waals surface area contributed by atoms with Gasteiger partial charge in [-0.05, 0) is 34.5 Å². The van der Waals surface area contributed by atoms with Crippen molar-refractivity contribution in [3.8, 4) is 11.5 Å². The van der Waals surface area contributed by atoms with Crippen molar-refractivity contribution in [2.24, 2.45) is 0 Å². The molecule has 3 heterocycles. The summed E-state index contributed by atoms with van der Waals surface area (Å²) in [5.74, 6) is -0.205. The first kappa shape index (κ1) is 19.7. The number of fused-ring (bicyclic) bond motifs is 1. The Hall–Kier alpha value is -2.62. The van der Waals surface area contributed by atoms with E-state index in [0.717, 1.165) is 18.7 Å². The molecule has 0 bridgehead atoms. The standard InChI is InChI=1S/C20H23N3O5S/c24-19(20(25)22-15-1-2-17-18(11-15)28-9-8-27-17)21-12-16(14-3-10-29-13-14)23-4-6-26-7-5-23/h1-3,10-11,13,16H,4-9,12H2,(H,21,24)(H,22,25)/t16-/m1/s1. The molecule has 154 valence electrons. The number of ether oxygens (including phenoxy) is 3. The highest BCUT2D eigenvalue weighted by atomic mass is 32.1. The van der Waals surface area contributed by atoms with Crippen LogP contribution in [0.25, 0.3) is 0 Å². The summed E-state index contributed by atoms with van der Waals surface area (Å²) in [6.07, 6.45) is 0. The zero-order valence-corrected chi connectivity index (χ0v) is 16.7. The fourth-order valence-corrected chi connectivity index (χ4v) is 4.10. The van der Waals surface area contributed by atoms with Crippen LogP contribution in [0.4, 0.5) is 5.69 Å². The second kappa shape index (κ2) is 9.25. The van der Waals surface area contributed by atoms with Crippen molar-refractivity contribution in [3.63, 3.8) is 0 Å². The molecule has 1 atom stereocenters. The lowest BCUT2D eigenvalue weighted by molar-refractivity contribution is -0.136. The smallest absolute Gasteiger partial charge is 0.313 e. The first-order valence-electron chi connectivity index (χ1n) is 9.53. The van der Waals surface area contributed by atoms with Crippen LogP contribution in [0.2, 0.25) is 0 Å². The topological polar surface area (TPSA) is 89.1 Å². The van der Waals surface area contributed by atoms with Crippen molar-refractivity contribution in [3.05, 3.63) is 40.6 Å². The van der Waals surface area contributed by atoms with Gasteiger partial charge in [-0.2, -0.15) is 11.3 Å². The van der Waals surface area contributed by atoms with Crippen LogP contribution in [-0.2, 0) is 14.3 Å². The molecule has 1 fully saturated rings. The first-order valence-corrected chi connectivity index (χ1v) is 10.5. The molecule has 2 N–H and O–H groups in total. The number of amides is 2. The quantitative estimate of drug-likeness (QED) is 0.719. The average molecular weight is 417 g/mol. The van der Waals surface area contributed by atoms with Crippen molar-refractivity contribution < 1.29 is 23.8 Å². The Bertz CT molecular complexity index is 852. The molecule has 0 aliphatic carbocycles. The van der Waals surface area contributed by atoms with E-state index in [1.807, 2.05) is 11.4 Å². The molecule has 2 aliphatic heterocycles. The van der Waals surface area contributed by atoms with Gasteiger partial charge in [0, 0.05) is 31.4 Å². The van der Waals surface area contributed by atoms with Gasteiger partial charge in [-0.3, -0.25) is 14.5 Å². The van der Waals surface area contributed by atoms with Crippen LogP contribution >= 0.6 is 11.3 Å². The summed E-state index contributed by atoms with van der Waals surface area (Å²) in [7, 11) is 0. The second-order valence-corrected chi connectivity index (χ2v) is 7.52. The average Bonchev–Trinajstić information content (AvgIpc) is 3.29. The monoisotopic (exact) mass is 417 g/mol. The normalized spacial score (nSPS) is 17.4. The summed E-state index contributed by atoms with van der Waals surface area (Å²) < 4.78 is 16.4. The van der Waals surface area contributed by atoms with Crippen LogP contribution < -0.4 is 20.1 Å². The van der Waals surface area contributed by atoms with Gasteiger partial charge in [0.1, 0.15) is 13.2 Å². The van der Waals surface area contributed by atoms with E-state index in [1.165, 1.54) is 0 Å². The van der Waals surface area contributed by atoms with Gasteiger partial charge in [0.2, 0.25) is 0 Å². The predicted molar refractivity (Wildman–Crippen MR) is 109 cm³/mol. The fourth-order valence-electron chi connectivity index (χ4n) is 3.39. The van der Waals surface area contributed by atoms with Gasteiger partial charge in [-0.1, -0.05) is 0 Å². The SMILES string of the molecule is O=C(NC[C@H](c1ccsc1)N1CCOCC1)C(=O)Nc1ccc2c(c1)OCCO2.